The van der Waals surface area contributed by atoms with E-state index in [9.17, 15) is 24.6 Å². The molecule has 0 aromatic carbocycles. The molecule has 0 amide bonds. The first-order chi connectivity index (χ1) is 18.2. The van der Waals surface area contributed by atoms with E-state index in [1.54, 1.807) is 20.8 Å². The van der Waals surface area contributed by atoms with Gasteiger partial charge in [-0.1, -0.05) is 13.8 Å². The molecule has 0 aliphatic rings. The zero-order valence-electron chi connectivity index (χ0n) is 22.4. The maximum absolute atomic E-state index is 12.8. The fraction of sp³-hybridized carbons (Fsp3) is 0.640. The van der Waals surface area contributed by atoms with Crippen LogP contribution in [-0.4, -0.2) is 61.7 Å². The third-order valence-corrected chi connectivity index (χ3v) is 7.78. The van der Waals surface area contributed by atoms with Gasteiger partial charge in [0.05, 0.1) is 18.6 Å². The van der Waals surface area contributed by atoms with Crippen molar-refractivity contribution in [2.24, 2.45) is 11.8 Å². The quantitative estimate of drug-likeness (QED) is 0.153. The van der Waals surface area contributed by atoms with E-state index in [1.165, 1.54) is 10.8 Å². The van der Waals surface area contributed by atoms with E-state index in [4.69, 9.17) is 37.4 Å². The summed E-state index contributed by atoms with van der Waals surface area (Å²) in [7, 11) is 0. The van der Waals surface area contributed by atoms with Crippen LogP contribution in [0.15, 0.2) is 10.8 Å². The van der Waals surface area contributed by atoms with Gasteiger partial charge in [0, 0.05) is 10.8 Å². The highest BCUT2D eigenvalue weighted by atomic mass is 35.5. The summed E-state index contributed by atoms with van der Waals surface area (Å²) in [5.74, 6) is -2.92. The molecule has 4 atom stereocenters. The minimum Gasteiger partial charge on any atom is -0.461 e. The predicted molar refractivity (Wildman–Crippen MR) is 148 cm³/mol. The summed E-state index contributed by atoms with van der Waals surface area (Å²) in [5, 5.41) is 24.2. The zero-order chi connectivity index (χ0) is 29.3. The van der Waals surface area contributed by atoms with Crippen LogP contribution in [0, 0.1) is 11.8 Å². The third kappa shape index (κ3) is 10.6. The van der Waals surface area contributed by atoms with Crippen LogP contribution in [0.4, 0.5) is 0 Å². The number of ether oxygens (including phenoxy) is 3. The van der Waals surface area contributed by atoms with Crippen molar-refractivity contribution in [3.05, 3.63) is 32.2 Å². The average molecular weight is 626 g/mol. The fourth-order valence-electron chi connectivity index (χ4n) is 3.28. The minimum absolute atomic E-state index is 0.00599. The van der Waals surface area contributed by atoms with E-state index in [0.717, 1.165) is 22.7 Å². The highest BCUT2D eigenvalue weighted by Gasteiger charge is 2.31. The molecule has 10 nitrogen and oxygen atoms in total. The molecule has 0 saturated heterocycles. The van der Waals surface area contributed by atoms with Crippen molar-refractivity contribution >= 4 is 63.8 Å². The van der Waals surface area contributed by atoms with Crippen LogP contribution in [-0.2, 0) is 19.0 Å². The van der Waals surface area contributed by atoms with Crippen LogP contribution in [0.3, 0.4) is 0 Å². The van der Waals surface area contributed by atoms with Gasteiger partial charge in [0.1, 0.15) is 27.1 Å². The Morgan fingerprint density at radius 1 is 1.00 bits per heavy atom. The van der Waals surface area contributed by atoms with Gasteiger partial charge in [-0.3, -0.25) is 4.79 Å². The van der Waals surface area contributed by atoms with E-state index in [-0.39, 0.29) is 28.9 Å². The first kappa shape index (κ1) is 33.4. The Morgan fingerprint density at radius 3 is 2.13 bits per heavy atom. The summed E-state index contributed by atoms with van der Waals surface area (Å²) in [6.45, 7) is 8.40. The van der Waals surface area contributed by atoms with Crippen molar-refractivity contribution in [2.75, 3.05) is 13.2 Å². The van der Waals surface area contributed by atoms with Crippen molar-refractivity contribution in [1.29, 1.82) is 0 Å². The molecule has 0 spiro atoms. The number of esters is 3. The van der Waals surface area contributed by atoms with Gasteiger partial charge in [-0.15, -0.1) is 45.9 Å². The van der Waals surface area contributed by atoms with Crippen LogP contribution in [0.2, 0.25) is 0 Å². The topological polar surface area (TPSA) is 145 Å². The summed E-state index contributed by atoms with van der Waals surface area (Å²) < 4.78 is 14.8. The van der Waals surface area contributed by atoms with E-state index in [1.807, 2.05) is 13.8 Å². The number of carbonyl (C=O) groups is 3. The second-order valence-electron chi connectivity index (χ2n) is 9.40. The Balaban J connectivity index is 1.95. The molecule has 2 rings (SSSR count). The standard InChI is InChI=1S/C25H34Cl2N2O8S2/c1-6-35-23(33)15-11-38-20(28-15)18(31)10-36-24(34)16-12-39-21(29-16)19(13(2)3)37-22(32)14(4)17(30)8-7-9-25(5,26)27/h11-14,17-19,30-31H,6-10H2,1-5H3. The number of aliphatic hydroxyl groups is 2. The number of rotatable bonds is 15. The van der Waals surface area contributed by atoms with Crippen molar-refractivity contribution in [3.8, 4) is 0 Å². The number of hydrogen-bond donors (Lipinski definition) is 2. The van der Waals surface area contributed by atoms with Crippen LogP contribution in [0.25, 0.3) is 0 Å². The SMILES string of the molecule is CCOC(=O)c1csc(C(O)COC(=O)c2csc(C(OC(=O)C(C)C(O)CCCC(C)(Cl)Cl)C(C)C)n2)n1. The summed E-state index contributed by atoms with van der Waals surface area (Å²) >= 11 is 14.1. The number of aliphatic hydroxyl groups excluding tert-OH is 2. The van der Waals surface area contributed by atoms with Crippen molar-refractivity contribution in [2.45, 2.75) is 76.5 Å². The maximum atomic E-state index is 12.8. The Morgan fingerprint density at radius 2 is 1.56 bits per heavy atom. The number of thiazole rings is 2. The number of carbonyl (C=O) groups excluding carboxylic acids is 3. The summed E-state index contributed by atoms with van der Waals surface area (Å²) in [6.07, 6.45) is -1.56. The second-order valence-corrected chi connectivity index (χ2v) is 13.0. The van der Waals surface area contributed by atoms with Crippen LogP contribution in [0.5, 0.6) is 0 Å². The monoisotopic (exact) mass is 624 g/mol. The molecule has 0 aliphatic carbocycles. The van der Waals surface area contributed by atoms with Crippen molar-refractivity contribution in [3.63, 3.8) is 0 Å². The summed E-state index contributed by atoms with van der Waals surface area (Å²) in [6, 6.07) is 0. The lowest BCUT2D eigenvalue weighted by Crippen LogP contribution is -2.30. The molecule has 14 heteroatoms. The number of halogens is 2. The van der Waals surface area contributed by atoms with Gasteiger partial charge in [-0.25, -0.2) is 19.6 Å². The number of hydrogen-bond acceptors (Lipinski definition) is 12. The first-order valence-corrected chi connectivity index (χ1v) is 14.9. The number of alkyl halides is 2. The molecule has 39 heavy (non-hydrogen) atoms. The van der Waals surface area contributed by atoms with Gasteiger partial charge >= 0.3 is 17.9 Å². The molecule has 0 radical (unpaired) electrons. The first-order valence-electron chi connectivity index (χ1n) is 12.4. The maximum Gasteiger partial charge on any atom is 0.357 e. The number of nitrogens with zero attached hydrogens (tertiary/aromatic N) is 2. The molecule has 4 unspecified atom stereocenters. The molecule has 0 saturated carbocycles. The number of aromatic nitrogens is 2. The van der Waals surface area contributed by atoms with E-state index in [2.05, 4.69) is 9.97 Å². The Kier molecular flexibility index (Phi) is 13.0. The Hall–Kier alpha value is -1.83. The third-order valence-electron chi connectivity index (χ3n) is 5.55. The molecule has 218 valence electrons. The minimum atomic E-state index is -1.24. The molecular formula is C25H34Cl2N2O8S2. The van der Waals surface area contributed by atoms with E-state index >= 15 is 0 Å². The normalized spacial score (nSPS) is 14.9. The molecule has 2 heterocycles. The molecule has 0 bridgehead atoms. The molecule has 2 N–H and O–H groups in total. The summed E-state index contributed by atoms with van der Waals surface area (Å²) in [4.78, 5) is 45.3. The second kappa shape index (κ2) is 15.2. The highest BCUT2D eigenvalue weighted by molar-refractivity contribution is 7.10. The van der Waals surface area contributed by atoms with Crippen LogP contribution < -0.4 is 0 Å². The van der Waals surface area contributed by atoms with Gasteiger partial charge in [0.2, 0.25) is 0 Å². The van der Waals surface area contributed by atoms with Gasteiger partial charge in [0.15, 0.2) is 17.5 Å². The Bertz CT molecular complexity index is 1100. The van der Waals surface area contributed by atoms with E-state index < -0.39 is 53.1 Å². The van der Waals surface area contributed by atoms with E-state index in [0.29, 0.717) is 24.3 Å². The lowest BCUT2D eigenvalue weighted by Gasteiger charge is -2.24. The van der Waals surface area contributed by atoms with Gasteiger partial charge in [-0.2, -0.15) is 0 Å². The molecule has 0 aliphatic heterocycles. The van der Waals surface area contributed by atoms with Crippen LogP contribution in [0.1, 0.15) is 97.1 Å². The lowest BCUT2D eigenvalue weighted by atomic mass is 9.99. The fourth-order valence-corrected chi connectivity index (χ4v) is 5.30. The molecular weight excluding hydrogens is 591 g/mol. The summed E-state index contributed by atoms with van der Waals surface area (Å²) in [5.41, 5.74) is 0.0597. The smallest absolute Gasteiger partial charge is 0.357 e. The van der Waals surface area contributed by atoms with Gasteiger partial charge in [0.25, 0.3) is 0 Å². The molecule has 2 aromatic heterocycles. The largest absolute Gasteiger partial charge is 0.461 e. The molecule has 2 aromatic rings. The highest BCUT2D eigenvalue weighted by Crippen LogP contribution is 2.31. The predicted octanol–water partition coefficient (Wildman–Crippen LogP) is 5.27. The zero-order valence-corrected chi connectivity index (χ0v) is 25.5. The van der Waals surface area contributed by atoms with Crippen LogP contribution >= 0.6 is 45.9 Å². The average Bonchev–Trinajstić information content (AvgIpc) is 3.54. The van der Waals surface area contributed by atoms with Crippen molar-refractivity contribution < 1.29 is 38.8 Å². The lowest BCUT2D eigenvalue weighted by molar-refractivity contribution is -0.160. The van der Waals surface area contributed by atoms with Gasteiger partial charge < -0.3 is 24.4 Å². The van der Waals surface area contributed by atoms with Crippen molar-refractivity contribution in [1.82, 2.24) is 9.97 Å². The van der Waals surface area contributed by atoms with Gasteiger partial charge in [-0.05, 0) is 46.0 Å². The Labute approximate surface area is 245 Å². The molecule has 0 fully saturated rings.